The summed E-state index contributed by atoms with van der Waals surface area (Å²) in [5, 5.41) is 6.86. The predicted molar refractivity (Wildman–Crippen MR) is 75.4 cm³/mol. The van der Waals surface area contributed by atoms with E-state index in [2.05, 4.69) is 15.5 Å². The van der Waals surface area contributed by atoms with Gasteiger partial charge in [0.2, 0.25) is 5.76 Å². The molecule has 1 amide bonds. The first-order valence-corrected chi connectivity index (χ1v) is 6.67. The van der Waals surface area contributed by atoms with Gasteiger partial charge in [0.1, 0.15) is 11.3 Å². The fourth-order valence-corrected chi connectivity index (χ4v) is 2.65. The zero-order valence-corrected chi connectivity index (χ0v) is 11.7. The van der Waals surface area contributed by atoms with Crippen molar-refractivity contribution in [1.29, 1.82) is 0 Å². The van der Waals surface area contributed by atoms with E-state index >= 15 is 0 Å². The van der Waals surface area contributed by atoms with Crippen molar-refractivity contribution in [3.63, 3.8) is 0 Å². The molecule has 7 heteroatoms. The maximum Gasteiger partial charge on any atom is 0.296 e. The van der Waals surface area contributed by atoms with Gasteiger partial charge in [0.05, 0.1) is 17.5 Å². The second-order valence-electron chi connectivity index (χ2n) is 4.11. The molecule has 1 aromatic carbocycles. The average molecular weight is 289 g/mol. The molecule has 0 aliphatic rings. The van der Waals surface area contributed by atoms with E-state index in [1.54, 1.807) is 20.1 Å². The molecule has 0 fully saturated rings. The van der Waals surface area contributed by atoms with Crippen LogP contribution in [0, 0.1) is 6.92 Å². The van der Waals surface area contributed by atoms with Gasteiger partial charge in [-0.25, -0.2) is 4.98 Å². The summed E-state index contributed by atoms with van der Waals surface area (Å²) in [6.45, 7) is 1.75. The summed E-state index contributed by atoms with van der Waals surface area (Å²) in [5.41, 5.74) is 1.38. The number of amides is 1. The molecule has 1 N–H and O–H groups in total. The van der Waals surface area contributed by atoms with Gasteiger partial charge in [0.25, 0.3) is 5.91 Å². The molecule has 0 unspecified atom stereocenters. The highest BCUT2D eigenvalue weighted by Gasteiger charge is 2.15. The molecule has 6 nitrogen and oxygen atoms in total. The first kappa shape index (κ1) is 12.6. The van der Waals surface area contributed by atoms with Crippen LogP contribution in [0.15, 0.2) is 28.8 Å². The zero-order valence-electron chi connectivity index (χ0n) is 10.8. The third-order valence-corrected chi connectivity index (χ3v) is 3.61. The van der Waals surface area contributed by atoms with Gasteiger partial charge in [-0.15, -0.1) is 0 Å². The summed E-state index contributed by atoms with van der Waals surface area (Å²) in [5.74, 6) is 0.465. The van der Waals surface area contributed by atoms with E-state index in [0.717, 1.165) is 10.2 Å². The van der Waals surface area contributed by atoms with Crippen molar-refractivity contribution in [2.24, 2.45) is 0 Å². The number of aromatic nitrogens is 2. The van der Waals surface area contributed by atoms with Crippen LogP contribution in [0.4, 0.5) is 5.13 Å². The van der Waals surface area contributed by atoms with Crippen molar-refractivity contribution in [2.45, 2.75) is 6.92 Å². The lowest BCUT2D eigenvalue weighted by Crippen LogP contribution is -2.10. The molecule has 0 atom stereocenters. The summed E-state index contributed by atoms with van der Waals surface area (Å²) in [7, 11) is 1.59. The normalized spacial score (nSPS) is 10.7. The van der Waals surface area contributed by atoms with Crippen LogP contribution in [0.2, 0.25) is 0 Å². The number of thiazole rings is 1. The number of nitrogens with one attached hydrogen (secondary N) is 1. The topological polar surface area (TPSA) is 77.2 Å². The molecule has 0 aliphatic heterocycles. The van der Waals surface area contributed by atoms with Crippen LogP contribution in [-0.2, 0) is 0 Å². The molecule has 0 spiro atoms. The van der Waals surface area contributed by atoms with Crippen LogP contribution < -0.4 is 10.1 Å². The third-order valence-electron chi connectivity index (χ3n) is 2.67. The third kappa shape index (κ3) is 2.23. The molecule has 0 saturated carbocycles. The SMILES string of the molecule is COc1cccc2sc(NC(=O)c3cc(C)no3)nc12. The van der Waals surface area contributed by atoms with Gasteiger partial charge >= 0.3 is 0 Å². The van der Waals surface area contributed by atoms with Crippen molar-refractivity contribution in [3.05, 3.63) is 35.7 Å². The first-order valence-electron chi connectivity index (χ1n) is 5.85. The van der Waals surface area contributed by atoms with Crippen molar-refractivity contribution in [3.8, 4) is 5.75 Å². The van der Waals surface area contributed by atoms with E-state index in [1.807, 2.05) is 18.2 Å². The Labute approximate surface area is 118 Å². The molecule has 3 aromatic rings. The number of methoxy groups -OCH3 is 1. The first-order chi connectivity index (χ1) is 9.67. The van der Waals surface area contributed by atoms with Crippen LogP contribution in [0.5, 0.6) is 5.75 Å². The van der Waals surface area contributed by atoms with Gasteiger partial charge in [-0.2, -0.15) is 0 Å². The highest BCUT2D eigenvalue weighted by atomic mass is 32.1. The van der Waals surface area contributed by atoms with Gasteiger partial charge in [0, 0.05) is 6.07 Å². The summed E-state index contributed by atoms with van der Waals surface area (Å²) >= 11 is 1.37. The van der Waals surface area contributed by atoms with Crippen LogP contribution in [0.1, 0.15) is 16.2 Å². The Morgan fingerprint density at radius 1 is 1.45 bits per heavy atom. The van der Waals surface area contributed by atoms with E-state index in [9.17, 15) is 4.79 Å². The van der Waals surface area contributed by atoms with Crippen LogP contribution in [-0.4, -0.2) is 23.2 Å². The van der Waals surface area contributed by atoms with Crippen molar-refractivity contribution in [2.75, 3.05) is 12.4 Å². The molecule has 0 saturated heterocycles. The molecule has 2 aromatic heterocycles. The molecular weight excluding hydrogens is 278 g/mol. The number of fused-ring (bicyclic) bond motifs is 1. The Kier molecular flexibility index (Phi) is 3.11. The summed E-state index contributed by atoms with van der Waals surface area (Å²) < 4.78 is 11.1. The average Bonchev–Trinajstić information content (AvgIpc) is 3.03. The van der Waals surface area contributed by atoms with Gasteiger partial charge in [0.15, 0.2) is 5.13 Å². The van der Waals surface area contributed by atoms with Crippen LogP contribution in [0.25, 0.3) is 10.2 Å². The van der Waals surface area contributed by atoms with Gasteiger partial charge in [-0.1, -0.05) is 22.6 Å². The smallest absolute Gasteiger partial charge is 0.296 e. The quantitative estimate of drug-likeness (QED) is 0.802. The standard InChI is InChI=1S/C13H11N3O3S/c1-7-6-9(19-16-7)12(17)15-13-14-11-8(18-2)4-3-5-10(11)20-13/h3-6H,1-2H3,(H,14,15,17). The molecule has 3 rings (SSSR count). The number of hydrogen-bond acceptors (Lipinski definition) is 6. The lowest BCUT2D eigenvalue weighted by atomic mass is 10.3. The highest BCUT2D eigenvalue weighted by Crippen LogP contribution is 2.32. The van der Waals surface area contributed by atoms with Crippen molar-refractivity contribution in [1.82, 2.24) is 10.1 Å². The minimum atomic E-state index is -0.372. The van der Waals surface area contributed by atoms with Crippen LogP contribution >= 0.6 is 11.3 Å². The van der Waals surface area contributed by atoms with Gasteiger partial charge in [-0.3, -0.25) is 10.1 Å². The van der Waals surface area contributed by atoms with E-state index in [0.29, 0.717) is 16.6 Å². The number of nitrogens with zero attached hydrogens (tertiary/aromatic N) is 2. The number of hydrogen-bond donors (Lipinski definition) is 1. The van der Waals surface area contributed by atoms with E-state index in [1.165, 1.54) is 11.3 Å². The monoisotopic (exact) mass is 289 g/mol. The molecule has 0 aliphatic carbocycles. The Morgan fingerprint density at radius 2 is 2.30 bits per heavy atom. The lowest BCUT2D eigenvalue weighted by Gasteiger charge is -1.98. The Balaban J connectivity index is 1.89. The van der Waals surface area contributed by atoms with Crippen LogP contribution in [0.3, 0.4) is 0 Å². The predicted octanol–water partition coefficient (Wildman–Crippen LogP) is 2.85. The summed E-state index contributed by atoms with van der Waals surface area (Å²) in [4.78, 5) is 16.3. The molecular formula is C13H11N3O3S. The molecule has 20 heavy (non-hydrogen) atoms. The number of rotatable bonds is 3. The zero-order chi connectivity index (χ0) is 14.1. The number of carbonyl (C=O) groups is 1. The molecule has 0 radical (unpaired) electrons. The fourth-order valence-electron chi connectivity index (χ4n) is 1.77. The summed E-state index contributed by atoms with van der Waals surface area (Å²) in [6.07, 6.45) is 0. The number of carbonyl (C=O) groups excluding carboxylic acids is 1. The fraction of sp³-hybridized carbons (Fsp3) is 0.154. The van der Waals surface area contributed by atoms with E-state index < -0.39 is 0 Å². The minimum Gasteiger partial charge on any atom is -0.494 e. The van der Waals surface area contributed by atoms with Crippen molar-refractivity contribution >= 4 is 32.6 Å². The molecule has 102 valence electrons. The second kappa shape index (κ2) is 4.93. The number of aryl methyl sites for hydroxylation is 1. The Bertz CT molecular complexity index is 778. The maximum atomic E-state index is 11.9. The number of benzene rings is 1. The largest absolute Gasteiger partial charge is 0.494 e. The molecule has 0 bridgehead atoms. The van der Waals surface area contributed by atoms with E-state index in [4.69, 9.17) is 9.26 Å². The van der Waals surface area contributed by atoms with Gasteiger partial charge in [-0.05, 0) is 19.1 Å². The number of ether oxygens (including phenoxy) is 1. The lowest BCUT2D eigenvalue weighted by molar-refractivity contribution is 0.0988. The second-order valence-corrected chi connectivity index (χ2v) is 5.14. The van der Waals surface area contributed by atoms with Gasteiger partial charge < -0.3 is 9.26 Å². The molecule has 2 heterocycles. The summed E-state index contributed by atoms with van der Waals surface area (Å²) in [6, 6.07) is 7.20. The highest BCUT2D eigenvalue weighted by molar-refractivity contribution is 7.22. The Morgan fingerprint density at radius 3 is 3.00 bits per heavy atom. The van der Waals surface area contributed by atoms with Crippen molar-refractivity contribution < 1.29 is 14.1 Å². The Hall–Kier alpha value is -2.41. The van der Waals surface area contributed by atoms with E-state index in [-0.39, 0.29) is 11.7 Å². The minimum absolute atomic E-state index is 0.161. The maximum absolute atomic E-state index is 11.9. The number of para-hydroxylation sites is 1. The number of anilines is 1.